The quantitative estimate of drug-likeness (QED) is 0.767. The second kappa shape index (κ2) is 7.99. The van der Waals surface area contributed by atoms with Gasteiger partial charge in [-0.2, -0.15) is 0 Å². The fourth-order valence-corrected chi connectivity index (χ4v) is 3.12. The van der Waals surface area contributed by atoms with E-state index in [1.54, 1.807) is 12.4 Å². The number of carbonyl (C=O) groups excluding carboxylic acids is 1. The highest BCUT2D eigenvalue weighted by molar-refractivity contribution is 5.61. The van der Waals surface area contributed by atoms with E-state index in [1.807, 2.05) is 12.1 Å². The Balaban J connectivity index is 1.50. The molecule has 0 aliphatic carbocycles. The molecule has 2 heterocycles. The van der Waals surface area contributed by atoms with Crippen LogP contribution >= 0.6 is 0 Å². The number of hydrogen-bond acceptors (Lipinski definition) is 4. The average Bonchev–Trinajstić information content (AvgIpc) is 2.63. The van der Waals surface area contributed by atoms with Crippen LogP contribution in [-0.4, -0.2) is 53.8 Å². The van der Waals surface area contributed by atoms with Crippen LogP contribution in [0.4, 0.5) is 0 Å². The van der Waals surface area contributed by atoms with Crippen LogP contribution < -0.4 is 0 Å². The second-order valence-corrected chi connectivity index (χ2v) is 5.98. The highest BCUT2D eigenvalue weighted by Crippen LogP contribution is 2.19. The van der Waals surface area contributed by atoms with Crippen LogP contribution in [0.5, 0.6) is 0 Å². The minimum atomic E-state index is -0.167. The maximum atomic E-state index is 11.5. The Labute approximate surface area is 137 Å². The van der Waals surface area contributed by atoms with E-state index in [1.165, 1.54) is 5.56 Å². The van der Waals surface area contributed by atoms with Gasteiger partial charge < -0.3 is 9.69 Å². The zero-order chi connectivity index (χ0) is 15.9. The van der Waals surface area contributed by atoms with Crippen molar-refractivity contribution < 1.29 is 4.79 Å². The first kappa shape index (κ1) is 15.8. The van der Waals surface area contributed by atoms with Gasteiger partial charge in [0, 0.05) is 45.1 Å². The number of aldehydes is 1. The SMILES string of the molecule is O=CC(c1cccnc1)N1CCN(CCc2ccccc2)CC1. The Morgan fingerprint density at radius 2 is 1.83 bits per heavy atom. The van der Waals surface area contributed by atoms with Crippen molar-refractivity contribution in [3.8, 4) is 0 Å². The minimum absolute atomic E-state index is 0.167. The number of hydrogen-bond donors (Lipinski definition) is 0. The molecule has 3 rings (SSSR count). The molecule has 2 aromatic rings. The molecule has 0 saturated carbocycles. The predicted octanol–water partition coefficient (Wildman–Crippen LogP) is 2.18. The maximum Gasteiger partial charge on any atom is 0.141 e. The van der Waals surface area contributed by atoms with Crippen molar-refractivity contribution in [1.82, 2.24) is 14.8 Å². The lowest BCUT2D eigenvalue weighted by Gasteiger charge is -2.37. The van der Waals surface area contributed by atoms with E-state index in [4.69, 9.17) is 0 Å². The lowest BCUT2D eigenvalue weighted by molar-refractivity contribution is -0.113. The van der Waals surface area contributed by atoms with Gasteiger partial charge in [-0.25, -0.2) is 0 Å². The molecule has 1 saturated heterocycles. The molecule has 0 radical (unpaired) electrons. The molecular weight excluding hydrogens is 286 g/mol. The van der Waals surface area contributed by atoms with Gasteiger partial charge in [0.2, 0.25) is 0 Å². The van der Waals surface area contributed by atoms with Gasteiger partial charge in [-0.1, -0.05) is 36.4 Å². The Morgan fingerprint density at radius 1 is 1.04 bits per heavy atom. The van der Waals surface area contributed by atoms with E-state index in [0.717, 1.165) is 51.0 Å². The molecule has 4 heteroatoms. The number of rotatable bonds is 6. The Kier molecular flexibility index (Phi) is 5.51. The largest absolute Gasteiger partial charge is 0.301 e. The fourth-order valence-electron chi connectivity index (χ4n) is 3.12. The van der Waals surface area contributed by atoms with Crippen molar-refractivity contribution in [2.24, 2.45) is 0 Å². The van der Waals surface area contributed by atoms with E-state index in [2.05, 4.69) is 45.1 Å². The van der Waals surface area contributed by atoms with Crippen LogP contribution in [0.25, 0.3) is 0 Å². The number of nitrogens with zero attached hydrogens (tertiary/aromatic N) is 3. The first-order valence-corrected chi connectivity index (χ1v) is 8.22. The summed E-state index contributed by atoms with van der Waals surface area (Å²) in [5, 5.41) is 0. The predicted molar refractivity (Wildman–Crippen MR) is 91.2 cm³/mol. The van der Waals surface area contributed by atoms with Crippen LogP contribution in [0.2, 0.25) is 0 Å². The van der Waals surface area contributed by atoms with Crippen molar-refractivity contribution in [3.05, 3.63) is 66.0 Å². The van der Waals surface area contributed by atoms with Crippen LogP contribution in [0.3, 0.4) is 0 Å². The molecule has 1 atom stereocenters. The Bertz CT molecular complexity index is 595. The van der Waals surface area contributed by atoms with E-state index >= 15 is 0 Å². The van der Waals surface area contributed by atoms with Gasteiger partial charge in [0.1, 0.15) is 6.29 Å². The summed E-state index contributed by atoms with van der Waals surface area (Å²) in [6, 6.07) is 14.3. The zero-order valence-corrected chi connectivity index (χ0v) is 13.3. The number of aromatic nitrogens is 1. The molecule has 1 fully saturated rings. The number of piperazine rings is 1. The molecule has 4 nitrogen and oxygen atoms in total. The van der Waals surface area contributed by atoms with E-state index in [0.29, 0.717) is 0 Å². The molecule has 23 heavy (non-hydrogen) atoms. The summed E-state index contributed by atoms with van der Waals surface area (Å²) < 4.78 is 0. The molecule has 1 aromatic carbocycles. The molecule has 1 unspecified atom stereocenters. The van der Waals surface area contributed by atoms with E-state index in [-0.39, 0.29) is 6.04 Å². The monoisotopic (exact) mass is 309 g/mol. The van der Waals surface area contributed by atoms with Gasteiger partial charge in [0.05, 0.1) is 6.04 Å². The highest BCUT2D eigenvalue weighted by Gasteiger charge is 2.24. The van der Waals surface area contributed by atoms with Crippen LogP contribution in [0, 0.1) is 0 Å². The molecule has 0 bridgehead atoms. The molecule has 1 aromatic heterocycles. The standard InChI is InChI=1S/C19H23N3O/c23-16-19(18-7-4-9-20-15-18)22-13-11-21(12-14-22)10-8-17-5-2-1-3-6-17/h1-7,9,15-16,19H,8,10-14H2. The molecule has 0 N–H and O–H groups in total. The summed E-state index contributed by atoms with van der Waals surface area (Å²) >= 11 is 0. The van der Waals surface area contributed by atoms with Crippen LogP contribution in [0.15, 0.2) is 54.9 Å². The molecule has 1 aliphatic heterocycles. The highest BCUT2D eigenvalue weighted by atomic mass is 16.1. The smallest absolute Gasteiger partial charge is 0.141 e. The average molecular weight is 309 g/mol. The molecular formula is C19H23N3O. The van der Waals surface area contributed by atoms with Gasteiger partial charge >= 0.3 is 0 Å². The summed E-state index contributed by atoms with van der Waals surface area (Å²) in [5.41, 5.74) is 2.37. The lowest BCUT2D eigenvalue weighted by Crippen LogP contribution is -2.48. The van der Waals surface area contributed by atoms with Gasteiger partial charge in [-0.05, 0) is 23.6 Å². The van der Waals surface area contributed by atoms with Gasteiger partial charge in [-0.3, -0.25) is 9.88 Å². The second-order valence-electron chi connectivity index (χ2n) is 5.98. The maximum absolute atomic E-state index is 11.5. The fraction of sp³-hybridized carbons (Fsp3) is 0.368. The first-order valence-electron chi connectivity index (χ1n) is 8.22. The third kappa shape index (κ3) is 4.24. The van der Waals surface area contributed by atoms with Crippen LogP contribution in [-0.2, 0) is 11.2 Å². The first-order chi connectivity index (χ1) is 11.4. The third-order valence-electron chi connectivity index (χ3n) is 4.51. The van der Waals surface area contributed by atoms with Gasteiger partial charge in [0.15, 0.2) is 0 Å². The van der Waals surface area contributed by atoms with Crippen molar-refractivity contribution in [3.63, 3.8) is 0 Å². The number of carbonyl (C=O) groups is 1. The Hall–Kier alpha value is -2.04. The molecule has 120 valence electrons. The van der Waals surface area contributed by atoms with Gasteiger partial charge in [0.25, 0.3) is 0 Å². The summed E-state index contributed by atoms with van der Waals surface area (Å²) in [6.45, 7) is 4.95. The van der Waals surface area contributed by atoms with Gasteiger partial charge in [-0.15, -0.1) is 0 Å². The summed E-state index contributed by atoms with van der Waals surface area (Å²) in [5.74, 6) is 0. The minimum Gasteiger partial charge on any atom is -0.301 e. The van der Waals surface area contributed by atoms with Crippen molar-refractivity contribution >= 4 is 6.29 Å². The topological polar surface area (TPSA) is 36.4 Å². The summed E-state index contributed by atoms with van der Waals surface area (Å²) in [6.07, 6.45) is 5.66. The lowest BCUT2D eigenvalue weighted by atomic mass is 10.1. The van der Waals surface area contributed by atoms with Crippen LogP contribution in [0.1, 0.15) is 17.2 Å². The van der Waals surface area contributed by atoms with Crippen molar-refractivity contribution in [2.75, 3.05) is 32.7 Å². The normalized spacial score (nSPS) is 17.7. The Morgan fingerprint density at radius 3 is 2.48 bits per heavy atom. The van der Waals surface area contributed by atoms with Crippen molar-refractivity contribution in [1.29, 1.82) is 0 Å². The zero-order valence-electron chi connectivity index (χ0n) is 13.3. The number of pyridine rings is 1. The molecule has 1 aliphatic rings. The summed E-state index contributed by atoms with van der Waals surface area (Å²) in [4.78, 5) is 20.4. The molecule has 0 amide bonds. The number of benzene rings is 1. The molecule has 0 spiro atoms. The van der Waals surface area contributed by atoms with Crippen molar-refractivity contribution in [2.45, 2.75) is 12.5 Å². The van der Waals surface area contributed by atoms with E-state index in [9.17, 15) is 4.79 Å². The summed E-state index contributed by atoms with van der Waals surface area (Å²) in [7, 11) is 0. The third-order valence-corrected chi connectivity index (χ3v) is 4.51. The van der Waals surface area contributed by atoms with E-state index < -0.39 is 0 Å².